The standard InChI is InChI=1S/C25H29N2O.2C24H27N2O.C23H25N2O/c1-7-17-9-13-21(27(6)15-17)22-16(2)8-11-19-20-12-10-18(14-25(3,4)5)26-24(20)28-23(19)22;1-7-16-9-12-19(26(6)14-16)21-15(2)8-10-17-18-11-13-20(24(3,4)5)25-23(18)27-22(17)21;1-6-17-8-12-21(26(5)14-17)22-16(4)7-10-19-20-11-9-18(13-15(2)3)25-24(20)27-23(19)22;1-6-16-8-12-20(25(5)13-16)21-15(4)7-9-17-18-10-11-19(14(2)3)24-23(18)26-22(17)21/h8-13,15H,7,14H2,1-6H3;8-14H,7H2,1-6H3;7-12,14-15H,6,13H2,1-5H3;7-14H,6H2,1-5H3/q4*+1. The third-order valence-corrected chi connectivity index (χ3v) is 21.1. The maximum atomic E-state index is 6.36. The lowest BCUT2D eigenvalue weighted by Crippen LogP contribution is -2.31. The summed E-state index contributed by atoms with van der Waals surface area (Å²) >= 11 is 0. The molecule has 0 aliphatic carbocycles. The Balaban J connectivity index is 0.000000127. The summed E-state index contributed by atoms with van der Waals surface area (Å²) in [6.45, 7) is 39.3. The van der Waals surface area contributed by atoms with E-state index in [0.717, 1.165) is 195 Å². The van der Waals surface area contributed by atoms with Crippen molar-refractivity contribution in [1.29, 1.82) is 0 Å². The summed E-state index contributed by atoms with van der Waals surface area (Å²) in [6.07, 6.45) is 14.8. The molecule has 0 atom stereocenters. The minimum Gasteiger partial charge on any atom is -0.437 e. The average Bonchev–Trinajstić information content (AvgIpc) is 1.61. The summed E-state index contributed by atoms with van der Waals surface area (Å²) in [5, 5.41) is 8.85. The largest absolute Gasteiger partial charge is 0.437 e. The molecule has 12 heteroatoms. The van der Waals surface area contributed by atoms with Crippen LogP contribution in [-0.2, 0) is 72.1 Å². The van der Waals surface area contributed by atoms with E-state index in [2.05, 4.69) is 341 Å². The third-order valence-electron chi connectivity index (χ3n) is 21.1. The first kappa shape index (κ1) is 75.5. The van der Waals surface area contributed by atoms with Crippen LogP contribution in [0.4, 0.5) is 0 Å². The number of rotatable bonds is 12. The highest BCUT2D eigenvalue weighted by molar-refractivity contribution is 6.12. The SMILES string of the molecule is CCc1ccc(-c2c(C)ccc3c2oc2nc(C(C)(C)C)ccc23)[n+](C)c1.CCc1ccc(-c2c(C)ccc3c2oc2nc(C(C)C)ccc23)[n+](C)c1.CCc1ccc(-c2c(C)ccc3c2oc2nc(CC(C)(C)C)ccc23)[n+](C)c1.CCc1ccc(-c2c(C)ccc3c2oc2nc(CC(C)C)ccc23)[n+](C)c1. The van der Waals surface area contributed by atoms with Crippen LogP contribution >= 0.6 is 0 Å². The van der Waals surface area contributed by atoms with E-state index in [4.69, 9.17) is 37.6 Å². The van der Waals surface area contributed by atoms with Crippen molar-refractivity contribution in [3.05, 3.63) is 238 Å². The van der Waals surface area contributed by atoms with Crippen molar-refractivity contribution >= 4 is 88.3 Å². The molecule has 0 fully saturated rings. The zero-order valence-electron chi connectivity index (χ0n) is 67.8. The Labute approximate surface area is 637 Å². The first-order chi connectivity index (χ1) is 51.5. The summed E-state index contributed by atoms with van der Waals surface area (Å²) in [4.78, 5) is 19.2. The zero-order valence-corrected chi connectivity index (χ0v) is 67.8. The second kappa shape index (κ2) is 30.5. The molecule has 108 heavy (non-hydrogen) atoms. The Morgan fingerprint density at radius 2 is 0.630 bits per heavy atom. The van der Waals surface area contributed by atoms with Gasteiger partial charge in [-0.25, -0.2) is 38.2 Å². The molecule has 4 aromatic carbocycles. The number of hydrogen-bond acceptors (Lipinski definition) is 8. The third kappa shape index (κ3) is 15.2. The molecule has 0 saturated heterocycles. The van der Waals surface area contributed by atoms with Crippen LogP contribution in [0.15, 0.2) is 188 Å². The van der Waals surface area contributed by atoms with Gasteiger partial charge in [0.1, 0.15) is 28.2 Å². The molecule has 552 valence electrons. The van der Waals surface area contributed by atoms with Gasteiger partial charge in [-0.3, -0.25) is 0 Å². The Bertz CT molecular complexity index is 6080. The van der Waals surface area contributed by atoms with Gasteiger partial charge in [-0.15, -0.1) is 0 Å². The second-order valence-electron chi connectivity index (χ2n) is 32.7. The fraction of sp³-hybridized carbons (Fsp3) is 0.333. The number of pyridine rings is 8. The number of aryl methyl sites for hydroxylation is 12. The molecule has 12 heterocycles. The molecule has 12 nitrogen and oxygen atoms in total. The minimum absolute atomic E-state index is 0.00562. The lowest BCUT2D eigenvalue weighted by atomic mass is 9.90. The molecule has 0 amide bonds. The van der Waals surface area contributed by atoms with Crippen molar-refractivity contribution in [1.82, 2.24) is 19.9 Å². The van der Waals surface area contributed by atoms with E-state index in [1.54, 1.807) is 0 Å². The van der Waals surface area contributed by atoms with Crippen molar-refractivity contribution < 1.29 is 35.9 Å². The van der Waals surface area contributed by atoms with E-state index in [1.165, 1.54) is 44.5 Å². The summed E-state index contributed by atoms with van der Waals surface area (Å²) < 4.78 is 34.1. The molecular formula is C96H108N8O4+4. The number of hydrogen-bond donors (Lipinski definition) is 0. The van der Waals surface area contributed by atoms with E-state index in [1.807, 2.05) is 0 Å². The van der Waals surface area contributed by atoms with Gasteiger partial charge in [-0.1, -0.05) is 145 Å². The summed E-state index contributed by atoms with van der Waals surface area (Å²) in [6, 6.07) is 52.0. The predicted octanol–water partition coefficient (Wildman–Crippen LogP) is 22.6. The molecule has 12 aromatic heterocycles. The van der Waals surface area contributed by atoms with Crippen LogP contribution in [0, 0.1) is 39.0 Å². The molecule has 0 radical (unpaired) electrons. The molecule has 0 N–H and O–H groups in total. The van der Waals surface area contributed by atoms with E-state index in [-0.39, 0.29) is 10.8 Å². The Morgan fingerprint density at radius 3 is 0.935 bits per heavy atom. The van der Waals surface area contributed by atoms with E-state index in [0.29, 0.717) is 11.8 Å². The van der Waals surface area contributed by atoms with Crippen molar-refractivity contribution in [3.63, 3.8) is 0 Å². The smallest absolute Gasteiger partial charge is 0.227 e. The van der Waals surface area contributed by atoms with Crippen molar-refractivity contribution in [3.8, 4) is 45.0 Å². The van der Waals surface area contributed by atoms with Gasteiger partial charge in [-0.2, -0.15) is 0 Å². The molecule has 0 spiro atoms. The topological polar surface area (TPSA) is 120 Å². The zero-order chi connectivity index (χ0) is 76.9. The number of fused-ring (bicyclic) bond motifs is 12. The second-order valence-corrected chi connectivity index (χ2v) is 32.7. The number of aromatic nitrogens is 8. The van der Waals surface area contributed by atoms with Gasteiger partial charge in [0.25, 0.3) is 0 Å². The van der Waals surface area contributed by atoms with Gasteiger partial charge in [0.15, 0.2) is 47.1 Å². The van der Waals surface area contributed by atoms with Crippen molar-refractivity contribution in [2.24, 2.45) is 39.5 Å². The maximum absolute atomic E-state index is 6.36. The van der Waals surface area contributed by atoms with Crippen LogP contribution in [0.5, 0.6) is 0 Å². The van der Waals surface area contributed by atoms with Crippen LogP contribution in [0.3, 0.4) is 0 Å². The molecule has 16 rings (SSSR count). The highest BCUT2D eigenvalue weighted by atomic mass is 16.4. The molecular weight excluding hydrogens is 1330 g/mol. The number of furan rings is 4. The lowest BCUT2D eigenvalue weighted by Gasteiger charge is -2.16. The number of benzene rings is 4. The van der Waals surface area contributed by atoms with Gasteiger partial charge in [0.05, 0.1) is 22.3 Å². The first-order valence-corrected chi connectivity index (χ1v) is 38.8. The molecule has 0 aliphatic heterocycles. The van der Waals surface area contributed by atoms with E-state index in [9.17, 15) is 0 Å². The summed E-state index contributed by atoms with van der Waals surface area (Å²) in [5.74, 6) is 0.960. The molecule has 16 aromatic rings. The lowest BCUT2D eigenvalue weighted by molar-refractivity contribution is -0.660. The van der Waals surface area contributed by atoms with Crippen LogP contribution in [0.25, 0.3) is 133 Å². The van der Waals surface area contributed by atoms with E-state index >= 15 is 0 Å². The van der Waals surface area contributed by atoms with Gasteiger partial charge in [0.2, 0.25) is 45.6 Å². The molecule has 0 aliphatic rings. The van der Waals surface area contributed by atoms with Crippen LogP contribution in [-0.4, -0.2) is 19.9 Å². The quantitative estimate of drug-likeness (QED) is 0.111. The van der Waals surface area contributed by atoms with Crippen molar-refractivity contribution in [2.45, 2.75) is 174 Å². The molecule has 0 saturated carbocycles. The Morgan fingerprint density at radius 1 is 0.333 bits per heavy atom. The highest BCUT2D eigenvalue weighted by Gasteiger charge is 2.28. The van der Waals surface area contributed by atoms with Gasteiger partial charge >= 0.3 is 0 Å². The Kier molecular flexibility index (Phi) is 21.3. The van der Waals surface area contributed by atoms with Crippen LogP contribution in [0.2, 0.25) is 0 Å². The predicted molar refractivity (Wildman–Crippen MR) is 443 cm³/mol. The van der Waals surface area contributed by atoms with E-state index < -0.39 is 0 Å². The normalized spacial score (nSPS) is 12.0. The first-order valence-electron chi connectivity index (χ1n) is 38.8. The highest BCUT2D eigenvalue weighted by Crippen LogP contribution is 2.42. The Hall–Kier alpha value is -10.7. The van der Waals surface area contributed by atoms with Gasteiger partial charge in [0, 0.05) is 118 Å². The summed E-state index contributed by atoms with van der Waals surface area (Å²) in [5.41, 5.74) is 30.5. The van der Waals surface area contributed by atoms with Crippen molar-refractivity contribution in [2.75, 3.05) is 0 Å². The monoisotopic (exact) mass is 1440 g/mol. The van der Waals surface area contributed by atoms with Gasteiger partial charge in [-0.05, 0) is 179 Å². The van der Waals surface area contributed by atoms with Crippen LogP contribution in [0.1, 0.15) is 170 Å². The fourth-order valence-corrected chi connectivity index (χ4v) is 15.1. The van der Waals surface area contributed by atoms with Gasteiger partial charge < -0.3 is 17.7 Å². The minimum atomic E-state index is -0.00562. The van der Waals surface area contributed by atoms with Crippen LogP contribution < -0.4 is 18.3 Å². The molecule has 0 bridgehead atoms. The average molecular weight is 1440 g/mol. The fourth-order valence-electron chi connectivity index (χ4n) is 15.1. The summed E-state index contributed by atoms with van der Waals surface area (Å²) in [7, 11) is 8.42. The molecule has 0 unspecified atom stereocenters. The maximum Gasteiger partial charge on any atom is 0.227 e. The number of nitrogens with zero attached hydrogens (tertiary/aromatic N) is 8.